The first-order chi connectivity index (χ1) is 5.77. The average Bonchev–Trinajstić information content (AvgIpc) is 2.52. The molecule has 1 rings (SSSR count). The molecule has 0 aliphatic heterocycles. The predicted octanol–water partition coefficient (Wildman–Crippen LogP) is 0.236. The molecule has 1 unspecified atom stereocenters. The largest absolute Gasteiger partial charge is 0.387 e. The van der Waals surface area contributed by atoms with Crippen molar-refractivity contribution in [3.63, 3.8) is 0 Å². The van der Waals surface area contributed by atoms with E-state index < -0.39 is 6.10 Å². The van der Waals surface area contributed by atoms with Crippen LogP contribution in [0.4, 0.5) is 0 Å². The fourth-order valence-corrected chi connectivity index (χ4v) is 0.936. The minimum atomic E-state index is -0.497. The number of aliphatic hydroxyl groups is 1. The molecule has 66 valence electrons. The van der Waals surface area contributed by atoms with Gasteiger partial charge in [0.1, 0.15) is 0 Å². The quantitative estimate of drug-likeness (QED) is 0.675. The second-order valence-electron chi connectivity index (χ2n) is 2.51. The number of hydrogen-bond acceptors (Lipinski definition) is 3. The van der Waals surface area contributed by atoms with Crippen molar-refractivity contribution in [2.75, 3.05) is 13.6 Å². The summed E-state index contributed by atoms with van der Waals surface area (Å²) in [4.78, 5) is 0. The van der Waals surface area contributed by atoms with E-state index >= 15 is 0 Å². The molecule has 4 nitrogen and oxygen atoms in total. The van der Waals surface area contributed by atoms with Gasteiger partial charge in [-0.25, -0.2) is 4.68 Å². The molecule has 0 aliphatic rings. The lowest BCUT2D eigenvalue weighted by Gasteiger charge is -2.05. The molecule has 0 saturated carbocycles. The Morgan fingerprint density at radius 3 is 3.17 bits per heavy atom. The van der Waals surface area contributed by atoms with Crippen LogP contribution >= 0.6 is 0 Å². The number of aromatic nitrogens is 2. The van der Waals surface area contributed by atoms with Crippen LogP contribution in [0.1, 0.15) is 11.7 Å². The van der Waals surface area contributed by atoms with Crippen LogP contribution in [-0.4, -0.2) is 28.5 Å². The lowest BCUT2D eigenvalue weighted by Crippen LogP contribution is -2.16. The smallest absolute Gasteiger partial charge is 0.0944 e. The van der Waals surface area contributed by atoms with Gasteiger partial charge in [0.25, 0.3) is 0 Å². The average molecular weight is 167 g/mol. The minimum Gasteiger partial charge on any atom is -0.387 e. The van der Waals surface area contributed by atoms with Crippen LogP contribution in [0.5, 0.6) is 0 Å². The monoisotopic (exact) mass is 167 g/mol. The highest BCUT2D eigenvalue weighted by atomic mass is 16.3. The van der Waals surface area contributed by atoms with Crippen molar-refractivity contribution < 1.29 is 5.11 Å². The van der Waals surface area contributed by atoms with Crippen LogP contribution in [0.3, 0.4) is 0 Å². The van der Waals surface area contributed by atoms with Crippen LogP contribution < -0.4 is 5.32 Å². The van der Waals surface area contributed by atoms with E-state index in [4.69, 9.17) is 0 Å². The Balaban J connectivity index is 2.67. The molecule has 1 heterocycles. The van der Waals surface area contributed by atoms with Gasteiger partial charge < -0.3 is 10.4 Å². The molecule has 0 saturated heterocycles. The van der Waals surface area contributed by atoms with Crippen molar-refractivity contribution in [1.82, 2.24) is 15.1 Å². The summed E-state index contributed by atoms with van der Waals surface area (Å²) in [5, 5.41) is 16.3. The second kappa shape index (κ2) is 4.04. The van der Waals surface area contributed by atoms with E-state index in [0.29, 0.717) is 6.54 Å². The molecule has 0 radical (unpaired) electrons. The Morgan fingerprint density at radius 2 is 2.67 bits per heavy atom. The molecule has 4 heteroatoms. The number of hydrogen-bond donors (Lipinski definition) is 2. The highest BCUT2D eigenvalue weighted by Gasteiger charge is 2.07. The molecule has 1 atom stereocenters. The van der Waals surface area contributed by atoms with Gasteiger partial charge in [-0.15, -0.1) is 0 Å². The van der Waals surface area contributed by atoms with E-state index in [-0.39, 0.29) is 0 Å². The van der Waals surface area contributed by atoms with Crippen molar-refractivity contribution >= 4 is 6.20 Å². The zero-order valence-corrected chi connectivity index (χ0v) is 7.07. The number of nitrogens with zero attached hydrogens (tertiary/aromatic N) is 2. The Bertz CT molecular complexity index is 257. The molecule has 1 aromatic rings. The first-order valence-corrected chi connectivity index (χ1v) is 3.77. The number of rotatable bonds is 4. The van der Waals surface area contributed by atoms with Gasteiger partial charge >= 0.3 is 0 Å². The van der Waals surface area contributed by atoms with Crippen LogP contribution in [-0.2, 0) is 0 Å². The lowest BCUT2D eigenvalue weighted by molar-refractivity contribution is 0.178. The Morgan fingerprint density at radius 1 is 1.92 bits per heavy atom. The van der Waals surface area contributed by atoms with E-state index in [1.165, 1.54) is 0 Å². The van der Waals surface area contributed by atoms with Gasteiger partial charge in [0, 0.05) is 24.5 Å². The fourth-order valence-electron chi connectivity index (χ4n) is 0.936. The van der Waals surface area contributed by atoms with Gasteiger partial charge in [-0.05, 0) is 7.05 Å². The summed E-state index contributed by atoms with van der Waals surface area (Å²) in [7, 11) is 1.79. The van der Waals surface area contributed by atoms with Gasteiger partial charge in [0.2, 0.25) is 0 Å². The van der Waals surface area contributed by atoms with Crippen LogP contribution in [0.2, 0.25) is 0 Å². The summed E-state index contributed by atoms with van der Waals surface area (Å²) in [6.45, 7) is 4.08. The van der Waals surface area contributed by atoms with Crippen molar-refractivity contribution in [3.05, 3.63) is 24.5 Å². The third-order valence-electron chi connectivity index (χ3n) is 1.59. The van der Waals surface area contributed by atoms with Gasteiger partial charge in [0.15, 0.2) is 0 Å². The normalized spacial score (nSPS) is 12.8. The van der Waals surface area contributed by atoms with Crippen LogP contribution in [0.25, 0.3) is 6.20 Å². The zero-order valence-electron chi connectivity index (χ0n) is 7.07. The molecule has 1 aromatic heterocycles. The molecule has 0 amide bonds. The summed E-state index contributed by atoms with van der Waals surface area (Å²) >= 11 is 0. The highest BCUT2D eigenvalue weighted by Crippen LogP contribution is 2.09. The molecule has 0 fully saturated rings. The molecule has 0 spiro atoms. The summed E-state index contributed by atoms with van der Waals surface area (Å²) in [5.41, 5.74) is 0.796. The Hall–Kier alpha value is -1.13. The summed E-state index contributed by atoms with van der Waals surface area (Å²) in [6, 6.07) is 0. The Labute approximate surface area is 71.5 Å². The standard InChI is InChI=1S/C8H13N3O/c1-3-11-6-7(4-10-11)8(12)5-9-2/h3-4,6,8-9,12H,1,5H2,2H3. The lowest BCUT2D eigenvalue weighted by atomic mass is 10.2. The Kier molecular flexibility index (Phi) is 3.01. The zero-order chi connectivity index (χ0) is 8.97. The van der Waals surface area contributed by atoms with E-state index in [2.05, 4.69) is 17.0 Å². The van der Waals surface area contributed by atoms with E-state index in [0.717, 1.165) is 5.56 Å². The molecule has 0 aromatic carbocycles. The first kappa shape index (κ1) is 8.96. The molecule has 2 N–H and O–H groups in total. The predicted molar refractivity (Wildman–Crippen MR) is 47.5 cm³/mol. The van der Waals surface area contributed by atoms with E-state index in [1.54, 1.807) is 30.3 Å². The summed E-state index contributed by atoms with van der Waals surface area (Å²) < 4.78 is 1.56. The van der Waals surface area contributed by atoms with Crippen LogP contribution in [0, 0.1) is 0 Å². The van der Waals surface area contributed by atoms with E-state index in [9.17, 15) is 5.11 Å². The molecular formula is C8H13N3O. The number of likely N-dealkylation sites (N-methyl/N-ethyl adjacent to an activating group) is 1. The van der Waals surface area contributed by atoms with Crippen molar-refractivity contribution in [2.45, 2.75) is 6.10 Å². The van der Waals surface area contributed by atoms with Crippen molar-refractivity contribution in [1.29, 1.82) is 0 Å². The van der Waals surface area contributed by atoms with Gasteiger partial charge in [-0.2, -0.15) is 5.10 Å². The third kappa shape index (κ3) is 1.93. The topological polar surface area (TPSA) is 50.1 Å². The van der Waals surface area contributed by atoms with Crippen molar-refractivity contribution in [3.8, 4) is 0 Å². The minimum absolute atomic E-state index is 0.497. The number of nitrogens with one attached hydrogen (secondary N) is 1. The van der Waals surface area contributed by atoms with E-state index in [1.807, 2.05) is 0 Å². The molecular weight excluding hydrogens is 154 g/mol. The van der Waals surface area contributed by atoms with Crippen molar-refractivity contribution in [2.24, 2.45) is 0 Å². The molecule has 0 aliphatic carbocycles. The maximum atomic E-state index is 9.48. The van der Waals surface area contributed by atoms with Gasteiger partial charge in [0.05, 0.1) is 12.3 Å². The fraction of sp³-hybridized carbons (Fsp3) is 0.375. The molecule has 0 bridgehead atoms. The third-order valence-corrected chi connectivity index (χ3v) is 1.59. The second-order valence-corrected chi connectivity index (χ2v) is 2.51. The van der Waals surface area contributed by atoms with Gasteiger partial charge in [-0.3, -0.25) is 0 Å². The van der Waals surface area contributed by atoms with Gasteiger partial charge in [-0.1, -0.05) is 6.58 Å². The highest BCUT2D eigenvalue weighted by molar-refractivity contribution is 5.19. The number of aliphatic hydroxyl groups excluding tert-OH is 1. The maximum absolute atomic E-state index is 9.48. The summed E-state index contributed by atoms with van der Waals surface area (Å²) in [5.74, 6) is 0. The summed E-state index contributed by atoms with van der Waals surface area (Å²) in [6.07, 6.45) is 4.46. The van der Waals surface area contributed by atoms with Crippen LogP contribution in [0.15, 0.2) is 19.0 Å². The first-order valence-electron chi connectivity index (χ1n) is 3.77. The molecule has 12 heavy (non-hydrogen) atoms. The maximum Gasteiger partial charge on any atom is 0.0944 e. The SMILES string of the molecule is C=Cn1cc(C(O)CNC)cn1.